The first-order valence-electron chi connectivity index (χ1n) is 6.73. The van der Waals surface area contributed by atoms with E-state index in [1.165, 1.54) is 0 Å². The highest BCUT2D eigenvalue weighted by molar-refractivity contribution is 5.81. The lowest BCUT2D eigenvalue weighted by atomic mass is 9.91. The number of carbonyl (C=O) groups is 1. The lowest BCUT2D eigenvalue weighted by molar-refractivity contribution is -0.148. The van der Waals surface area contributed by atoms with Crippen molar-refractivity contribution in [3.8, 4) is 0 Å². The van der Waals surface area contributed by atoms with E-state index in [2.05, 4.69) is 12.2 Å². The number of benzene rings is 1. The van der Waals surface area contributed by atoms with Gasteiger partial charge in [0.05, 0.1) is 6.61 Å². The van der Waals surface area contributed by atoms with Crippen molar-refractivity contribution in [3.05, 3.63) is 35.9 Å². The molecule has 4 nitrogen and oxygen atoms in total. The number of nitrogens with one attached hydrogen (secondary N) is 1. The third-order valence-corrected chi connectivity index (χ3v) is 3.27. The molecule has 1 aromatic rings. The summed E-state index contributed by atoms with van der Waals surface area (Å²) >= 11 is 0. The molecule has 0 aromatic heterocycles. The minimum atomic E-state index is -1.17. The van der Waals surface area contributed by atoms with Crippen molar-refractivity contribution in [3.63, 3.8) is 0 Å². The Hall–Kier alpha value is -1.39. The maximum Gasteiger partial charge on any atom is 0.330 e. The van der Waals surface area contributed by atoms with Crippen LogP contribution in [0.4, 0.5) is 0 Å². The molecule has 0 bridgehead atoms. The molecule has 0 aliphatic heterocycles. The van der Waals surface area contributed by atoms with Gasteiger partial charge in [0.2, 0.25) is 0 Å². The summed E-state index contributed by atoms with van der Waals surface area (Å²) in [5.41, 5.74) is -0.464. The average molecular weight is 265 g/mol. The summed E-state index contributed by atoms with van der Waals surface area (Å²) in [4.78, 5) is 11.6. The van der Waals surface area contributed by atoms with Crippen molar-refractivity contribution in [2.45, 2.75) is 31.7 Å². The monoisotopic (exact) mass is 265 g/mol. The fraction of sp³-hybridized carbons (Fsp3) is 0.533. The lowest BCUT2D eigenvalue weighted by Crippen LogP contribution is -2.51. The van der Waals surface area contributed by atoms with E-state index in [1.54, 1.807) is 19.2 Å². The Kier molecular flexibility index (Phi) is 6.53. The summed E-state index contributed by atoms with van der Waals surface area (Å²) in [6, 6.07) is 9.15. The van der Waals surface area contributed by atoms with Crippen molar-refractivity contribution in [1.82, 2.24) is 5.32 Å². The smallest absolute Gasteiger partial charge is 0.330 e. The Morgan fingerprint density at radius 1 is 1.32 bits per heavy atom. The van der Waals surface area contributed by atoms with Crippen LogP contribution in [0.5, 0.6) is 0 Å². The van der Waals surface area contributed by atoms with Crippen molar-refractivity contribution in [2.24, 2.45) is 0 Å². The minimum absolute atomic E-state index is 0.132. The number of carboxylic acids is 1. The highest BCUT2D eigenvalue weighted by atomic mass is 16.5. The van der Waals surface area contributed by atoms with Gasteiger partial charge in [0, 0.05) is 6.61 Å². The number of likely N-dealkylation sites (N-methyl/N-ethyl adjacent to an activating group) is 1. The molecule has 106 valence electrons. The average Bonchev–Trinajstić information content (AvgIpc) is 2.44. The van der Waals surface area contributed by atoms with Crippen LogP contribution in [0.3, 0.4) is 0 Å². The molecular weight excluding hydrogens is 242 g/mol. The zero-order valence-electron chi connectivity index (χ0n) is 11.7. The Balaban J connectivity index is 2.74. The maximum atomic E-state index is 11.6. The van der Waals surface area contributed by atoms with Gasteiger partial charge in [0.25, 0.3) is 0 Å². The highest BCUT2D eigenvalue weighted by Crippen LogP contribution is 2.22. The van der Waals surface area contributed by atoms with Gasteiger partial charge in [-0.3, -0.25) is 5.32 Å². The second-order valence-corrected chi connectivity index (χ2v) is 4.59. The Bertz CT molecular complexity index is 380. The van der Waals surface area contributed by atoms with Crippen molar-refractivity contribution < 1.29 is 14.6 Å². The first-order valence-corrected chi connectivity index (χ1v) is 6.73. The lowest BCUT2D eigenvalue weighted by Gasteiger charge is -2.29. The van der Waals surface area contributed by atoms with E-state index in [0.29, 0.717) is 12.2 Å². The van der Waals surface area contributed by atoms with Crippen molar-refractivity contribution in [1.29, 1.82) is 0 Å². The van der Waals surface area contributed by atoms with Crippen LogP contribution < -0.4 is 5.32 Å². The van der Waals surface area contributed by atoms with E-state index in [4.69, 9.17) is 4.74 Å². The van der Waals surface area contributed by atoms with E-state index in [0.717, 1.165) is 19.3 Å². The van der Waals surface area contributed by atoms with Crippen LogP contribution in [-0.4, -0.2) is 31.3 Å². The van der Waals surface area contributed by atoms with E-state index in [1.807, 2.05) is 18.2 Å². The van der Waals surface area contributed by atoms with Crippen LogP contribution in [0, 0.1) is 0 Å². The van der Waals surface area contributed by atoms with Gasteiger partial charge in [-0.25, -0.2) is 4.79 Å². The van der Waals surface area contributed by atoms with Crippen molar-refractivity contribution in [2.75, 3.05) is 20.3 Å². The number of carboxylic acid groups (broad SMARTS) is 1. The third kappa shape index (κ3) is 4.04. The van der Waals surface area contributed by atoms with Gasteiger partial charge in [0.15, 0.2) is 5.54 Å². The van der Waals surface area contributed by atoms with E-state index < -0.39 is 11.5 Å². The van der Waals surface area contributed by atoms with E-state index in [-0.39, 0.29) is 6.61 Å². The molecule has 0 aliphatic rings. The molecule has 1 rings (SSSR count). The molecule has 0 aliphatic carbocycles. The maximum absolute atomic E-state index is 11.6. The first-order chi connectivity index (χ1) is 9.17. The summed E-state index contributed by atoms with van der Waals surface area (Å²) in [7, 11) is 1.65. The summed E-state index contributed by atoms with van der Waals surface area (Å²) in [6.07, 6.45) is 3.19. The fourth-order valence-corrected chi connectivity index (χ4v) is 1.99. The second-order valence-electron chi connectivity index (χ2n) is 4.59. The Morgan fingerprint density at radius 3 is 2.53 bits per heavy atom. The summed E-state index contributed by atoms with van der Waals surface area (Å²) in [6.45, 7) is 2.85. The molecule has 0 saturated carbocycles. The number of aliphatic carboxylic acids is 1. The molecule has 0 amide bonds. The number of hydrogen-bond donors (Lipinski definition) is 2. The number of hydrogen-bond acceptors (Lipinski definition) is 3. The normalized spacial score (nSPS) is 14.0. The molecule has 0 saturated heterocycles. The predicted octanol–water partition coefficient (Wildman–Crippen LogP) is 2.39. The van der Waals surface area contributed by atoms with Crippen LogP contribution in [-0.2, 0) is 15.1 Å². The summed E-state index contributed by atoms with van der Waals surface area (Å²) in [5, 5.41) is 12.4. The molecule has 1 atom stereocenters. The van der Waals surface area contributed by atoms with Crippen LogP contribution in [0.2, 0.25) is 0 Å². The Morgan fingerprint density at radius 2 is 2.00 bits per heavy atom. The first kappa shape index (κ1) is 15.7. The van der Waals surface area contributed by atoms with Crippen molar-refractivity contribution >= 4 is 5.97 Å². The van der Waals surface area contributed by atoms with E-state index >= 15 is 0 Å². The van der Waals surface area contributed by atoms with Gasteiger partial charge in [-0.15, -0.1) is 0 Å². The molecule has 1 unspecified atom stereocenters. The quantitative estimate of drug-likeness (QED) is 0.673. The Labute approximate surface area is 114 Å². The molecule has 19 heavy (non-hydrogen) atoms. The zero-order chi connectivity index (χ0) is 14.1. The van der Waals surface area contributed by atoms with Gasteiger partial charge in [-0.05, 0) is 19.0 Å². The molecular formula is C15H23NO3. The number of unbranched alkanes of at least 4 members (excludes halogenated alkanes) is 2. The van der Waals surface area contributed by atoms with E-state index in [9.17, 15) is 9.90 Å². The van der Waals surface area contributed by atoms with Gasteiger partial charge in [0.1, 0.15) is 0 Å². The van der Waals surface area contributed by atoms with Crippen LogP contribution in [0.15, 0.2) is 30.3 Å². The summed E-state index contributed by atoms with van der Waals surface area (Å²) < 4.78 is 5.56. The fourth-order valence-electron chi connectivity index (χ4n) is 1.99. The molecule has 0 radical (unpaired) electrons. The highest BCUT2D eigenvalue weighted by Gasteiger charge is 2.39. The molecule has 0 fully saturated rings. The second kappa shape index (κ2) is 7.92. The zero-order valence-corrected chi connectivity index (χ0v) is 11.7. The SMILES string of the molecule is CCCCCOCC(NC)(C(=O)O)c1ccccc1. The van der Waals surface area contributed by atoms with Gasteiger partial charge in [-0.2, -0.15) is 0 Å². The number of rotatable bonds is 9. The number of ether oxygens (including phenoxy) is 1. The molecule has 4 heteroatoms. The van der Waals surface area contributed by atoms with Crippen LogP contribution in [0.25, 0.3) is 0 Å². The topological polar surface area (TPSA) is 58.6 Å². The molecule has 0 heterocycles. The largest absolute Gasteiger partial charge is 0.480 e. The standard InChI is InChI=1S/C15H23NO3/c1-3-4-8-11-19-12-15(16-2,14(17)18)13-9-6-5-7-10-13/h5-7,9-10,16H,3-4,8,11-12H2,1-2H3,(H,17,18). The third-order valence-electron chi connectivity index (χ3n) is 3.27. The van der Waals surface area contributed by atoms with Crippen LogP contribution in [0.1, 0.15) is 31.7 Å². The predicted molar refractivity (Wildman–Crippen MR) is 75.2 cm³/mol. The van der Waals surface area contributed by atoms with Gasteiger partial charge >= 0.3 is 5.97 Å². The van der Waals surface area contributed by atoms with Gasteiger partial charge < -0.3 is 9.84 Å². The van der Waals surface area contributed by atoms with Crippen LogP contribution >= 0.6 is 0 Å². The van der Waals surface area contributed by atoms with Gasteiger partial charge in [-0.1, -0.05) is 50.1 Å². The molecule has 1 aromatic carbocycles. The molecule has 0 spiro atoms. The minimum Gasteiger partial charge on any atom is -0.480 e. The summed E-state index contributed by atoms with van der Waals surface area (Å²) in [5.74, 6) is -0.920. The molecule has 2 N–H and O–H groups in total.